The Kier molecular flexibility index (Phi) is 4.51. The molecule has 0 fully saturated rings. The number of anilines is 1. The monoisotopic (exact) mass is 321 g/mol. The maximum Gasteiger partial charge on any atom is 0.241 e. The first-order chi connectivity index (χ1) is 9.92. The van der Waals surface area contributed by atoms with Crippen LogP contribution in [0.25, 0.3) is 0 Å². The normalized spacial score (nSPS) is 12.7. The second kappa shape index (κ2) is 6.17. The molecule has 0 saturated heterocycles. The minimum atomic E-state index is -2.68. The van der Waals surface area contributed by atoms with E-state index in [1.165, 1.54) is 13.2 Å². The molecule has 114 valence electrons. The van der Waals surface area contributed by atoms with Crippen LogP contribution in [0.2, 0.25) is 5.15 Å². The number of hydrogen-bond donors (Lipinski definition) is 1. The van der Waals surface area contributed by atoms with Crippen LogP contribution in [0.1, 0.15) is 18.0 Å². The number of methoxy groups -OCH3 is 1. The molecule has 2 aromatic rings. The van der Waals surface area contributed by atoms with Crippen LogP contribution in [0, 0.1) is 5.95 Å². The quantitative estimate of drug-likeness (QED) is 0.914. The Labute approximate surface area is 122 Å². The molecule has 1 unspecified atom stereocenters. The third kappa shape index (κ3) is 3.35. The summed E-state index contributed by atoms with van der Waals surface area (Å²) in [6.45, 7) is 0. The zero-order chi connectivity index (χ0) is 15.6. The summed E-state index contributed by atoms with van der Waals surface area (Å²) >= 11 is 5.74. The van der Waals surface area contributed by atoms with Crippen LogP contribution in [0.3, 0.4) is 0 Å². The molecule has 0 saturated carbocycles. The van der Waals surface area contributed by atoms with E-state index in [-0.39, 0.29) is 22.4 Å². The molecule has 10 heteroatoms. The minimum absolute atomic E-state index is 0.0136. The van der Waals surface area contributed by atoms with Gasteiger partial charge in [-0.05, 0) is 6.07 Å². The summed E-state index contributed by atoms with van der Waals surface area (Å²) in [7, 11) is 1.30. The van der Waals surface area contributed by atoms with Gasteiger partial charge in [-0.1, -0.05) is 11.6 Å². The molecule has 0 aliphatic carbocycles. The van der Waals surface area contributed by atoms with E-state index >= 15 is 0 Å². The minimum Gasteiger partial charge on any atom is -0.480 e. The van der Waals surface area contributed by atoms with Crippen molar-refractivity contribution >= 4 is 17.4 Å². The standard InChI is InChI=1S/C11H11ClF3N5O/c1-21-11-5(2-7(12)17-18-11)6(3-8(13)14)20-10(16)4-9(15)19-20/h2,4,6,8H,3,16H2,1H3. The maximum atomic E-state index is 13.2. The second-order valence-electron chi connectivity index (χ2n) is 4.11. The van der Waals surface area contributed by atoms with Gasteiger partial charge in [0.15, 0.2) is 5.15 Å². The van der Waals surface area contributed by atoms with Crippen LogP contribution < -0.4 is 10.5 Å². The highest BCUT2D eigenvalue weighted by Crippen LogP contribution is 2.33. The lowest BCUT2D eigenvalue weighted by atomic mass is 10.1. The van der Waals surface area contributed by atoms with Crippen LogP contribution >= 0.6 is 11.6 Å². The van der Waals surface area contributed by atoms with Gasteiger partial charge < -0.3 is 10.5 Å². The molecule has 2 aromatic heterocycles. The highest BCUT2D eigenvalue weighted by Gasteiger charge is 2.27. The van der Waals surface area contributed by atoms with E-state index in [1.807, 2.05) is 0 Å². The lowest BCUT2D eigenvalue weighted by Crippen LogP contribution is -2.19. The molecule has 0 aliphatic heterocycles. The number of halogens is 4. The number of nitrogens with two attached hydrogens (primary N) is 1. The number of nitrogen functional groups attached to an aromatic ring is 1. The molecule has 0 aliphatic rings. The van der Waals surface area contributed by atoms with E-state index in [9.17, 15) is 13.2 Å². The van der Waals surface area contributed by atoms with Crippen LogP contribution in [-0.2, 0) is 0 Å². The first kappa shape index (κ1) is 15.4. The van der Waals surface area contributed by atoms with E-state index in [2.05, 4.69) is 15.3 Å². The first-order valence-corrected chi connectivity index (χ1v) is 6.16. The van der Waals surface area contributed by atoms with Gasteiger partial charge in [0.1, 0.15) is 5.82 Å². The average Bonchev–Trinajstić information content (AvgIpc) is 2.74. The summed E-state index contributed by atoms with van der Waals surface area (Å²) in [5, 5.41) is 10.7. The summed E-state index contributed by atoms with van der Waals surface area (Å²) in [4.78, 5) is 0. The fraction of sp³-hybridized carbons (Fsp3) is 0.364. The van der Waals surface area contributed by atoms with Crippen molar-refractivity contribution in [2.75, 3.05) is 12.8 Å². The molecule has 0 aromatic carbocycles. The number of nitrogens with zero attached hydrogens (tertiary/aromatic N) is 4. The molecule has 21 heavy (non-hydrogen) atoms. The Balaban J connectivity index is 2.55. The van der Waals surface area contributed by atoms with Gasteiger partial charge in [-0.3, -0.25) is 0 Å². The maximum absolute atomic E-state index is 13.2. The molecule has 2 N–H and O–H groups in total. The van der Waals surface area contributed by atoms with Gasteiger partial charge in [-0.15, -0.1) is 15.3 Å². The Hall–Kier alpha value is -2.03. The summed E-state index contributed by atoms with van der Waals surface area (Å²) in [5.74, 6) is -0.993. The van der Waals surface area contributed by atoms with Gasteiger partial charge >= 0.3 is 0 Å². The number of aromatic nitrogens is 4. The highest BCUT2D eigenvalue weighted by molar-refractivity contribution is 6.29. The van der Waals surface area contributed by atoms with E-state index in [4.69, 9.17) is 22.1 Å². The van der Waals surface area contributed by atoms with Crippen molar-refractivity contribution in [3.8, 4) is 5.88 Å². The van der Waals surface area contributed by atoms with Crippen LogP contribution in [0.4, 0.5) is 19.0 Å². The molecular formula is C11H11ClF3N5O. The van der Waals surface area contributed by atoms with Gasteiger partial charge in [-0.2, -0.15) is 4.39 Å². The largest absolute Gasteiger partial charge is 0.480 e. The summed E-state index contributed by atoms with van der Waals surface area (Å²) < 4.78 is 44.8. The SMILES string of the molecule is COc1nnc(Cl)cc1C(CC(F)F)n1nc(F)cc1N. The highest BCUT2D eigenvalue weighted by atomic mass is 35.5. The Bertz CT molecular complexity index is 636. The predicted octanol–water partition coefficient (Wildman–Crippen LogP) is 2.30. The van der Waals surface area contributed by atoms with E-state index < -0.39 is 24.8 Å². The number of rotatable bonds is 5. The molecule has 0 amide bonds. The van der Waals surface area contributed by atoms with Gasteiger partial charge in [0.05, 0.1) is 13.2 Å². The van der Waals surface area contributed by atoms with Crippen molar-refractivity contribution in [2.45, 2.75) is 18.9 Å². The van der Waals surface area contributed by atoms with E-state index in [0.717, 1.165) is 10.7 Å². The predicted molar refractivity (Wildman–Crippen MR) is 69.0 cm³/mol. The van der Waals surface area contributed by atoms with Crippen molar-refractivity contribution in [3.05, 3.63) is 28.8 Å². The summed E-state index contributed by atoms with van der Waals surface area (Å²) in [6.07, 6.45) is -3.35. The molecule has 0 spiro atoms. The van der Waals surface area contributed by atoms with Gasteiger partial charge in [0.2, 0.25) is 18.3 Å². The Morgan fingerprint density at radius 2 is 2.10 bits per heavy atom. The Morgan fingerprint density at radius 1 is 1.38 bits per heavy atom. The van der Waals surface area contributed by atoms with E-state index in [1.54, 1.807) is 0 Å². The average molecular weight is 322 g/mol. The van der Waals surface area contributed by atoms with Crippen molar-refractivity contribution in [2.24, 2.45) is 0 Å². The van der Waals surface area contributed by atoms with Crippen molar-refractivity contribution < 1.29 is 17.9 Å². The lowest BCUT2D eigenvalue weighted by Gasteiger charge is -2.20. The molecule has 2 rings (SSSR count). The van der Waals surface area contributed by atoms with Gasteiger partial charge in [-0.25, -0.2) is 13.5 Å². The van der Waals surface area contributed by atoms with Gasteiger partial charge in [0.25, 0.3) is 0 Å². The zero-order valence-corrected chi connectivity index (χ0v) is 11.6. The molecular weight excluding hydrogens is 311 g/mol. The van der Waals surface area contributed by atoms with Gasteiger partial charge in [0, 0.05) is 18.1 Å². The summed E-state index contributed by atoms with van der Waals surface area (Å²) in [6, 6.07) is 1.15. The molecule has 0 radical (unpaired) electrons. The first-order valence-electron chi connectivity index (χ1n) is 5.78. The number of alkyl halides is 2. The number of hydrogen-bond acceptors (Lipinski definition) is 5. The van der Waals surface area contributed by atoms with Crippen molar-refractivity contribution in [1.29, 1.82) is 0 Å². The second-order valence-corrected chi connectivity index (χ2v) is 4.50. The lowest BCUT2D eigenvalue weighted by molar-refractivity contribution is 0.120. The van der Waals surface area contributed by atoms with Crippen molar-refractivity contribution in [1.82, 2.24) is 20.0 Å². The molecule has 2 heterocycles. The zero-order valence-electron chi connectivity index (χ0n) is 10.8. The van der Waals surface area contributed by atoms with Crippen LogP contribution in [-0.4, -0.2) is 33.5 Å². The smallest absolute Gasteiger partial charge is 0.241 e. The fourth-order valence-corrected chi connectivity index (χ4v) is 2.08. The molecule has 0 bridgehead atoms. The van der Waals surface area contributed by atoms with E-state index in [0.29, 0.717) is 0 Å². The third-order valence-corrected chi connectivity index (χ3v) is 2.93. The third-order valence-electron chi connectivity index (χ3n) is 2.74. The molecule has 6 nitrogen and oxygen atoms in total. The number of ether oxygens (including phenoxy) is 1. The summed E-state index contributed by atoms with van der Waals surface area (Å²) in [5.41, 5.74) is 5.78. The van der Waals surface area contributed by atoms with Crippen LogP contribution in [0.15, 0.2) is 12.1 Å². The fourth-order valence-electron chi connectivity index (χ4n) is 1.92. The Morgan fingerprint density at radius 3 is 2.62 bits per heavy atom. The topological polar surface area (TPSA) is 78.9 Å². The van der Waals surface area contributed by atoms with Crippen LogP contribution in [0.5, 0.6) is 5.88 Å². The van der Waals surface area contributed by atoms with Crippen molar-refractivity contribution in [3.63, 3.8) is 0 Å². The molecule has 1 atom stereocenters.